The fourth-order valence-corrected chi connectivity index (χ4v) is 2.10. The third kappa shape index (κ3) is 5.46. The lowest BCUT2D eigenvalue weighted by atomic mass is 10.3. The van der Waals surface area contributed by atoms with Crippen LogP contribution in [0.1, 0.15) is 6.92 Å². The Balaban J connectivity index is 3.12. The van der Waals surface area contributed by atoms with Crippen molar-refractivity contribution in [2.24, 2.45) is 10.3 Å². The average Bonchev–Trinajstić information content (AvgIpc) is 2.34. The number of anilines is 1. The molecule has 1 aromatic carbocycles. The van der Waals surface area contributed by atoms with Crippen molar-refractivity contribution in [2.75, 3.05) is 18.9 Å². The van der Waals surface area contributed by atoms with E-state index in [1.54, 1.807) is 0 Å². The minimum atomic E-state index is -4.58. The normalized spacial score (nSPS) is 11.4. The van der Waals surface area contributed by atoms with Gasteiger partial charge < -0.3 is 10.4 Å². The van der Waals surface area contributed by atoms with Crippen LogP contribution in [0.2, 0.25) is 0 Å². The fourth-order valence-electron chi connectivity index (χ4n) is 1.43. The number of benzene rings is 1. The van der Waals surface area contributed by atoms with E-state index in [-0.39, 0.29) is 11.4 Å². The molecule has 0 spiro atoms. The van der Waals surface area contributed by atoms with E-state index in [2.05, 4.69) is 15.7 Å². The number of rotatable bonds is 6. The van der Waals surface area contributed by atoms with Crippen LogP contribution in [0.3, 0.4) is 0 Å². The van der Waals surface area contributed by atoms with E-state index in [0.717, 1.165) is 11.1 Å². The average molecular weight is 330 g/mol. The van der Waals surface area contributed by atoms with Gasteiger partial charge in [-0.3, -0.25) is 19.2 Å². The van der Waals surface area contributed by atoms with Crippen molar-refractivity contribution in [3.63, 3.8) is 0 Å². The molecule has 10 nitrogen and oxygen atoms in total. The van der Waals surface area contributed by atoms with E-state index in [1.807, 2.05) is 0 Å². The molecule has 0 heterocycles. The van der Waals surface area contributed by atoms with Gasteiger partial charge in [-0.05, 0) is 18.2 Å². The minimum Gasteiger partial charge on any atom is -0.480 e. The van der Waals surface area contributed by atoms with Crippen LogP contribution < -0.4 is 5.32 Å². The quantitative estimate of drug-likeness (QED) is 0.398. The molecule has 1 aromatic rings. The predicted octanol–water partition coefficient (Wildman–Crippen LogP) is 0.907. The number of hydrogen-bond donors (Lipinski definition) is 3. The van der Waals surface area contributed by atoms with Crippen molar-refractivity contribution in [3.8, 4) is 0 Å². The van der Waals surface area contributed by atoms with E-state index in [9.17, 15) is 18.0 Å². The minimum absolute atomic E-state index is 0.0546. The molecule has 0 bridgehead atoms. The summed E-state index contributed by atoms with van der Waals surface area (Å²) in [4.78, 5) is 20.9. The second-order valence-corrected chi connectivity index (χ2v) is 5.63. The topological polar surface area (TPSA) is 149 Å². The highest BCUT2D eigenvalue weighted by Crippen LogP contribution is 2.26. The lowest BCUT2D eigenvalue weighted by molar-refractivity contribution is -0.138. The Morgan fingerprint density at radius 2 is 2.00 bits per heavy atom. The highest BCUT2D eigenvalue weighted by molar-refractivity contribution is 7.86. The maximum Gasteiger partial charge on any atom is 0.324 e. The number of carboxylic acids is 1. The molecule has 0 aliphatic carbocycles. The maximum atomic E-state index is 11.3. The molecule has 0 aromatic heterocycles. The van der Waals surface area contributed by atoms with Gasteiger partial charge in [0.25, 0.3) is 10.1 Å². The monoisotopic (exact) mass is 330 g/mol. The molecule has 120 valence electrons. The molecule has 11 heteroatoms. The fraction of sp³-hybridized carbons (Fsp3) is 0.273. The van der Waals surface area contributed by atoms with Crippen molar-refractivity contribution >= 4 is 33.4 Å². The van der Waals surface area contributed by atoms with Crippen LogP contribution in [-0.4, -0.2) is 48.6 Å². The van der Waals surface area contributed by atoms with Gasteiger partial charge in [0.05, 0.1) is 11.4 Å². The Bertz CT molecular complexity index is 715. The maximum absolute atomic E-state index is 11.3. The van der Waals surface area contributed by atoms with Crippen molar-refractivity contribution < 1.29 is 27.7 Å². The predicted molar refractivity (Wildman–Crippen MR) is 75.3 cm³/mol. The first-order chi connectivity index (χ1) is 10.1. The molecule has 1 amide bonds. The number of nitrogens with one attached hydrogen (secondary N) is 1. The highest BCUT2D eigenvalue weighted by atomic mass is 32.2. The lowest BCUT2D eigenvalue weighted by Crippen LogP contribution is -2.19. The largest absolute Gasteiger partial charge is 0.480 e. The molecule has 1 rings (SSSR count). The molecule has 22 heavy (non-hydrogen) atoms. The molecule has 0 aliphatic rings. The van der Waals surface area contributed by atoms with Crippen LogP contribution in [-0.2, 0) is 19.7 Å². The van der Waals surface area contributed by atoms with Crippen LogP contribution in [0.15, 0.2) is 33.4 Å². The first-order valence-electron chi connectivity index (χ1n) is 5.83. The van der Waals surface area contributed by atoms with Crippen molar-refractivity contribution in [3.05, 3.63) is 18.2 Å². The first-order valence-corrected chi connectivity index (χ1v) is 7.27. The van der Waals surface area contributed by atoms with Gasteiger partial charge >= 0.3 is 5.97 Å². The zero-order chi connectivity index (χ0) is 16.9. The van der Waals surface area contributed by atoms with Gasteiger partial charge in [-0.15, -0.1) is 5.11 Å². The lowest BCUT2D eigenvalue weighted by Gasteiger charge is -2.09. The van der Waals surface area contributed by atoms with Crippen LogP contribution in [0, 0.1) is 0 Å². The molecule has 0 atom stereocenters. The highest BCUT2D eigenvalue weighted by Gasteiger charge is 2.17. The summed E-state index contributed by atoms with van der Waals surface area (Å²) >= 11 is 0. The van der Waals surface area contributed by atoms with Crippen LogP contribution >= 0.6 is 0 Å². The molecular formula is C11H14N4O6S. The van der Waals surface area contributed by atoms with Gasteiger partial charge in [-0.25, -0.2) is 0 Å². The van der Waals surface area contributed by atoms with Gasteiger partial charge in [0.2, 0.25) is 5.91 Å². The van der Waals surface area contributed by atoms with Crippen molar-refractivity contribution in [1.82, 2.24) is 5.01 Å². The summed E-state index contributed by atoms with van der Waals surface area (Å²) in [5.74, 6) is -1.62. The molecule has 0 saturated carbocycles. The van der Waals surface area contributed by atoms with Crippen molar-refractivity contribution in [1.29, 1.82) is 0 Å². The summed E-state index contributed by atoms with van der Waals surface area (Å²) in [5.41, 5.74) is -0.0493. The smallest absolute Gasteiger partial charge is 0.324 e. The molecule has 3 N–H and O–H groups in total. The number of hydrogen-bond acceptors (Lipinski definition) is 6. The number of nitrogens with zero attached hydrogens (tertiary/aromatic N) is 3. The van der Waals surface area contributed by atoms with E-state index in [1.165, 1.54) is 26.1 Å². The number of carbonyl (C=O) groups excluding carboxylic acids is 1. The number of carbonyl (C=O) groups is 2. The number of carboxylic acid groups (broad SMARTS) is 1. The van der Waals surface area contributed by atoms with E-state index >= 15 is 0 Å². The Morgan fingerprint density at radius 1 is 1.36 bits per heavy atom. The first kappa shape index (κ1) is 17.5. The SMILES string of the molecule is CC(=O)Nc1ccc(/N=N/N(C)CC(=O)O)cc1S(=O)(=O)O. The van der Waals surface area contributed by atoms with Crippen LogP contribution in [0.25, 0.3) is 0 Å². The molecule has 0 aliphatic heterocycles. The summed E-state index contributed by atoms with van der Waals surface area (Å²) in [6.07, 6.45) is 0. The van der Waals surface area contributed by atoms with Crippen LogP contribution in [0.5, 0.6) is 0 Å². The number of amides is 1. The molecule has 0 unspecified atom stereocenters. The van der Waals surface area contributed by atoms with E-state index in [4.69, 9.17) is 9.66 Å². The summed E-state index contributed by atoms with van der Waals surface area (Å²) < 4.78 is 31.8. The molecule has 0 radical (unpaired) electrons. The van der Waals surface area contributed by atoms with Gasteiger partial charge in [-0.1, -0.05) is 5.22 Å². The summed E-state index contributed by atoms with van der Waals surface area (Å²) in [6, 6.07) is 3.58. The van der Waals surface area contributed by atoms with Crippen molar-refractivity contribution in [2.45, 2.75) is 11.8 Å². The second-order valence-electron chi connectivity index (χ2n) is 4.24. The number of aliphatic carboxylic acids is 1. The Morgan fingerprint density at radius 3 is 2.50 bits per heavy atom. The van der Waals surface area contributed by atoms with Gasteiger partial charge in [0.1, 0.15) is 11.4 Å². The summed E-state index contributed by atoms with van der Waals surface area (Å²) in [5, 5.41) is 19.1. The molecule has 0 fully saturated rings. The number of likely N-dealkylation sites (N-methyl/N-ethyl adjacent to an activating group) is 1. The van der Waals surface area contributed by atoms with Gasteiger partial charge in [0.15, 0.2) is 0 Å². The van der Waals surface area contributed by atoms with E-state index < -0.39 is 33.4 Å². The van der Waals surface area contributed by atoms with Gasteiger partial charge in [0, 0.05) is 14.0 Å². The van der Waals surface area contributed by atoms with Gasteiger partial charge in [-0.2, -0.15) is 8.42 Å². The Labute approximate surface area is 126 Å². The second kappa shape index (κ2) is 6.95. The summed E-state index contributed by atoms with van der Waals surface area (Å²) in [6.45, 7) is 0.793. The zero-order valence-electron chi connectivity index (χ0n) is 11.7. The summed E-state index contributed by atoms with van der Waals surface area (Å²) in [7, 11) is -3.22. The third-order valence-electron chi connectivity index (χ3n) is 2.23. The van der Waals surface area contributed by atoms with E-state index in [0.29, 0.717) is 0 Å². The standard InChI is InChI=1S/C11H14N4O6S/c1-7(16)12-9-4-3-8(5-10(9)22(19,20)21)13-14-15(2)6-11(17)18/h3-5H,6H2,1-2H3,(H,12,16)(H,17,18)(H,19,20,21)/b14-13+. The van der Waals surface area contributed by atoms with Crippen LogP contribution in [0.4, 0.5) is 11.4 Å². The Hall–Kier alpha value is -2.53. The zero-order valence-corrected chi connectivity index (χ0v) is 12.5. The molecular weight excluding hydrogens is 316 g/mol. The molecule has 0 saturated heterocycles. The third-order valence-corrected chi connectivity index (χ3v) is 3.12. The Kier molecular flexibility index (Phi) is 5.54.